The molecule has 2 amide bonds. The Balaban J connectivity index is 1.88. The van der Waals surface area contributed by atoms with Crippen molar-refractivity contribution in [1.29, 1.82) is 0 Å². The number of nitrogens with one attached hydrogen (secondary N) is 2. The predicted octanol–water partition coefficient (Wildman–Crippen LogP) is 3.72. The van der Waals surface area contributed by atoms with Gasteiger partial charge in [0.25, 0.3) is 0 Å². The number of pyridine rings is 1. The highest BCUT2D eigenvalue weighted by molar-refractivity contribution is 6.02. The largest absolute Gasteiger partial charge is 0.326 e. The zero-order chi connectivity index (χ0) is 17.4. The summed E-state index contributed by atoms with van der Waals surface area (Å²) < 4.78 is 0. The van der Waals surface area contributed by atoms with Crippen LogP contribution in [0.1, 0.15) is 26.0 Å². The SMILES string of the molecule is CC(C)CC(=O)Nc1ccc(NC(=O)/C=C/c2ccccn2)cc1. The maximum absolute atomic E-state index is 11.9. The lowest BCUT2D eigenvalue weighted by Gasteiger charge is -2.08. The first-order chi connectivity index (χ1) is 11.5. The fraction of sp³-hybridized carbons (Fsp3) is 0.211. The van der Waals surface area contributed by atoms with E-state index in [1.165, 1.54) is 6.08 Å². The summed E-state index contributed by atoms with van der Waals surface area (Å²) in [6, 6.07) is 12.5. The zero-order valence-corrected chi connectivity index (χ0v) is 13.8. The number of hydrogen-bond donors (Lipinski definition) is 2. The Labute approximate surface area is 141 Å². The molecular weight excluding hydrogens is 302 g/mol. The van der Waals surface area contributed by atoms with Crippen molar-refractivity contribution < 1.29 is 9.59 Å². The molecule has 2 aromatic rings. The first kappa shape index (κ1) is 17.4. The summed E-state index contributed by atoms with van der Waals surface area (Å²) in [6.07, 6.45) is 5.23. The van der Waals surface area contributed by atoms with E-state index in [1.807, 2.05) is 32.0 Å². The van der Waals surface area contributed by atoms with E-state index in [2.05, 4.69) is 15.6 Å². The van der Waals surface area contributed by atoms with Crippen molar-refractivity contribution in [1.82, 2.24) is 4.98 Å². The number of carbonyl (C=O) groups excluding carboxylic acids is 2. The standard InChI is InChI=1S/C19H21N3O2/c1-14(2)13-19(24)22-17-8-6-16(7-9-17)21-18(23)11-10-15-5-3-4-12-20-15/h3-12,14H,13H2,1-2H3,(H,21,23)(H,22,24)/b11-10+. The van der Waals surface area contributed by atoms with Crippen LogP contribution >= 0.6 is 0 Å². The molecule has 2 rings (SSSR count). The maximum Gasteiger partial charge on any atom is 0.248 e. The fourth-order valence-electron chi connectivity index (χ4n) is 2.04. The van der Waals surface area contributed by atoms with Crippen molar-refractivity contribution in [3.63, 3.8) is 0 Å². The van der Waals surface area contributed by atoms with Gasteiger partial charge in [-0.2, -0.15) is 0 Å². The second-order valence-corrected chi connectivity index (χ2v) is 5.80. The molecule has 1 heterocycles. The van der Waals surface area contributed by atoms with Crippen molar-refractivity contribution in [3.05, 3.63) is 60.4 Å². The number of aromatic nitrogens is 1. The van der Waals surface area contributed by atoms with Crippen molar-refractivity contribution in [2.24, 2.45) is 5.92 Å². The summed E-state index contributed by atoms with van der Waals surface area (Å²) in [5.74, 6) is 0.0618. The van der Waals surface area contributed by atoms with Gasteiger partial charge in [0.05, 0.1) is 5.69 Å². The molecule has 5 heteroatoms. The Morgan fingerprint density at radius 2 is 1.71 bits per heavy atom. The monoisotopic (exact) mass is 323 g/mol. The van der Waals surface area contributed by atoms with Crippen LogP contribution in [0.3, 0.4) is 0 Å². The second kappa shape index (κ2) is 8.62. The smallest absolute Gasteiger partial charge is 0.248 e. The van der Waals surface area contributed by atoms with E-state index in [4.69, 9.17) is 0 Å². The molecule has 124 valence electrons. The van der Waals surface area contributed by atoms with Crippen LogP contribution in [0.25, 0.3) is 6.08 Å². The van der Waals surface area contributed by atoms with Gasteiger partial charge in [0.15, 0.2) is 0 Å². The topological polar surface area (TPSA) is 71.1 Å². The third-order valence-corrected chi connectivity index (χ3v) is 3.12. The van der Waals surface area contributed by atoms with Crippen LogP contribution in [0.2, 0.25) is 0 Å². The summed E-state index contributed by atoms with van der Waals surface area (Å²) >= 11 is 0. The van der Waals surface area contributed by atoms with Crippen molar-refractivity contribution in [3.8, 4) is 0 Å². The van der Waals surface area contributed by atoms with Crippen molar-refractivity contribution >= 4 is 29.3 Å². The van der Waals surface area contributed by atoms with Gasteiger partial charge in [-0.05, 0) is 48.4 Å². The van der Waals surface area contributed by atoms with Gasteiger partial charge in [0.1, 0.15) is 0 Å². The highest BCUT2D eigenvalue weighted by atomic mass is 16.2. The van der Waals surface area contributed by atoms with Gasteiger partial charge < -0.3 is 10.6 Å². The number of anilines is 2. The van der Waals surface area contributed by atoms with E-state index in [0.29, 0.717) is 23.7 Å². The minimum Gasteiger partial charge on any atom is -0.326 e. The van der Waals surface area contributed by atoms with Crippen LogP contribution in [0.5, 0.6) is 0 Å². The normalized spacial score (nSPS) is 10.8. The van der Waals surface area contributed by atoms with Gasteiger partial charge in [-0.3, -0.25) is 14.6 Å². The molecule has 0 radical (unpaired) electrons. The van der Waals surface area contributed by atoms with Gasteiger partial charge in [-0.15, -0.1) is 0 Å². The lowest BCUT2D eigenvalue weighted by atomic mass is 10.1. The van der Waals surface area contributed by atoms with E-state index < -0.39 is 0 Å². The summed E-state index contributed by atoms with van der Waals surface area (Å²) in [5.41, 5.74) is 2.09. The third-order valence-electron chi connectivity index (χ3n) is 3.12. The molecule has 1 aromatic heterocycles. The first-order valence-electron chi connectivity index (χ1n) is 7.83. The minimum atomic E-state index is -0.239. The van der Waals surface area contributed by atoms with Crippen molar-refractivity contribution in [2.45, 2.75) is 20.3 Å². The van der Waals surface area contributed by atoms with Crippen LogP contribution in [0, 0.1) is 5.92 Å². The molecule has 0 atom stereocenters. The van der Waals surface area contributed by atoms with Crippen LogP contribution in [0.4, 0.5) is 11.4 Å². The van der Waals surface area contributed by atoms with Crippen LogP contribution in [-0.2, 0) is 9.59 Å². The van der Waals surface area contributed by atoms with Crippen LogP contribution in [-0.4, -0.2) is 16.8 Å². The van der Waals surface area contributed by atoms with Gasteiger partial charge in [0.2, 0.25) is 11.8 Å². The second-order valence-electron chi connectivity index (χ2n) is 5.80. The number of hydrogen-bond acceptors (Lipinski definition) is 3. The molecule has 24 heavy (non-hydrogen) atoms. The Hall–Kier alpha value is -2.95. The molecule has 0 aliphatic rings. The lowest BCUT2D eigenvalue weighted by molar-refractivity contribution is -0.117. The summed E-state index contributed by atoms with van der Waals surface area (Å²) in [6.45, 7) is 3.99. The highest BCUT2D eigenvalue weighted by Crippen LogP contribution is 2.14. The van der Waals surface area contributed by atoms with E-state index in [9.17, 15) is 9.59 Å². The van der Waals surface area contributed by atoms with Gasteiger partial charge in [-0.1, -0.05) is 19.9 Å². The predicted molar refractivity (Wildman–Crippen MR) is 96.4 cm³/mol. The number of rotatable bonds is 6. The third kappa shape index (κ3) is 6.04. The molecule has 1 aromatic carbocycles. The van der Waals surface area contributed by atoms with Gasteiger partial charge in [0, 0.05) is 30.1 Å². The summed E-state index contributed by atoms with van der Waals surface area (Å²) in [4.78, 5) is 27.7. The molecule has 0 saturated carbocycles. The van der Waals surface area contributed by atoms with E-state index in [1.54, 1.807) is 36.5 Å². The molecule has 5 nitrogen and oxygen atoms in total. The van der Waals surface area contributed by atoms with E-state index in [0.717, 1.165) is 5.69 Å². The first-order valence-corrected chi connectivity index (χ1v) is 7.83. The average molecular weight is 323 g/mol. The summed E-state index contributed by atoms with van der Waals surface area (Å²) in [5, 5.41) is 5.59. The molecule has 0 spiro atoms. The van der Waals surface area contributed by atoms with Crippen LogP contribution in [0.15, 0.2) is 54.7 Å². The van der Waals surface area contributed by atoms with E-state index >= 15 is 0 Å². The number of nitrogens with zero attached hydrogens (tertiary/aromatic N) is 1. The maximum atomic E-state index is 11.9. The number of amides is 2. The van der Waals surface area contributed by atoms with Crippen LogP contribution < -0.4 is 10.6 Å². The molecule has 0 aliphatic carbocycles. The molecule has 0 saturated heterocycles. The molecular formula is C19H21N3O2. The molecule has 2 N–H and O–H groups in total. The quantitative estimate of drug-likeness (QED) is 0.796. The Bertz CT molecular complexity index is 707. The van der Waals surface area contributed by atoms with E-state index in [-0.39, 0.29) is 11.8 Å². The Morgan fingerprint density at radius 1 is 1.04 bits per heavy atom. The average Bonchev–Trinajstić information content (AvgIpc) is 2.55. The minimum absolute atomic E-state index is 0.0138. The number of carbonyl (C=O) groups is 2. The van der Waals surface area contributed by atoms with Gasteiger partial charge in [-0.25, -0.2) is 0 Å². The molecule has 0 bridgehead atoms. The molecule has 0 aliphatic heterocycles. The fourth-order valence-corrected chi connectivity index (χ4v) is 2.04. The Morgan fingerprint density at radius 3 is 2.29 bits per heavy atom. The van der Waals surface area contributed by atoms with Gasteiger partial charge >= 0.3 is 0 Å². The summed E-state index contributed by atoms with van der Waals surface area (Å²) in [7, 11) is 0. The number of benzene rings is 1. The zero-order valence-electron chi connectivity index (χ0n) is 13.8. The molecule has 0 fully saturated rings. The van der Waals surface area contributed by atoms with Crippen molar-refractivity contribution in [2.75, 3.05) is 10.6 Å². The molecule has 0 unspecified atom stereocenters. The lowest BCUT2D eigenvalue weighted by Crippen LogP contribution is -2.14. The highest BCUT2D eigenvalue weighted by Gasteiger charge is 2.05. The Kier molecular flexibility index (Phi) is 6.25.